The molecule has 2 heterocycles. The summed E-state index contributed by atoms with van der Waals surface area (Å²) in [5.74, 6) is 2.46. The number of halogens is 2. The summed E-state index contributed by atoms with van der Waals surface area (Å²) in [5, 5.41) is 4.40. The highest BCUT2D eigenvalue weighted by molar-refractivity contribution is 9.10. The van der Waals surface area contributed by atoms with Gasteiger partial charge in [-0.25, -0.2) is 0 Å². The van der Waals surface area contributed by atoms with Crippen LogP contribution in [0, 0.1) is 0 Å². The quantitative estimate of drug-likeness (QED) is 0.788. The first-order chi connectivity index (χ1) is 9.69. The third kappa shape index (κ3) is 3.29. The van der Waals surface area contributed by atoms with Crippen molar-refractivity contribution in [1.82, 2.24) is 0 Å². The molecule has 0 saturated carbocycles. The Kier molecular flexibility index (Phi) is 4.86. The molecule has 3 rings (SSSR count). The van der Waals surface area contributed by atoms with E-state index in [9.17, 15) is 0 Å². The van der Waals surface area contributed by atoms with Crippen LogP contribution in [-0.4, -0.2) is 29.8 Å². The van der Waals surface area contributed by atoms with Crippen molar-refractivity contribution >= 4 is 45.0 Å². The molecule has 2 aliphatic rings. The second kappa shape index (κ2) is 6.47. The lowest BCUT2D eigenvalue weighted by molar-refractivity contribution is -0.0865. The Balaban J connectivity index is 1.69. The van der Waals surface area contributed by atoms with E-state index in [0.29, 0.717) is 6.04 Å². The van der Waals surface area contributed by atoms with Crippen LogP contribution in [0.5, 0.6) is 0 Å². The molecular weight excluding hydrogens is 358 g/mol. The van der Waals surface area contributed by atoms with Gasteiger partial charge in [-0.05, 0) is 65.3 Å². The largest absolute Gasteiger partial charge is 0.381 e. The maximum atomic E-state index is 6.16. The molecule has 0 aliphatic carbocycles. The Morgan fingerprint density at radius 2 is 2.15 bits per heavy atom. The third-order valence-corrected chi connectivity index (χ3v) is 6.59. The van der Waals surface area contributed by atoms with Crippen LogP contribution in [-0.2, 0) is 4.74 Å². The highest BCUT2D eigenvalue weighted by Crippen LogP contribution is 2.39. The van der Waals surface area contributed by atoms with Crippen molar-refractivity contribution in [2.45, 2.75) is 37.3 Å². The van der Waals surface area contributed by atoms with E-state index in [4.69, 9.17) is 16.3 Å². The molecule has 2 fully saturated rings. The first kappa shape index (κ1) is 15.0. The van der Waals surface area contributed by atoms with Crippen LogP contribution >= 0.6 is 39.3 Å². The second-order valence-electron chi connectivity index (χ2n) is 5.58. The lowest BCUT2D eigenvalue weighted by Crippen LogP contribution is -2.46. The summed E-state index contributed by atoms with van der Waals surface area (Å²) in [6.07, 6.45) is 4.54. The summed E-state index contributed by atoms with van der Waals surface area (Å²) in [7, 11) is 0. The molecule has 20 heavy (non-hydrogen) atoms. The molecule has 0 aromatic heterocycles. The van der Waals surface area contributed by atoms with Crippen molar-refractivity contribution < 1.29 is 4.74 Å². The van der Waals surface area contributed by atoms with Gasteiger partial charge in [-0.3, -0.25) is 0 Å². The van der Waals surface area contributed by atoms with Gasteiger partial charge < -0.3 is 10.1 Å². The van der Waals surface area contributed by atoms with Crippen LogP contribution in [0.3, 0.4) is 0 Å². The fraction of sp³-hybridized carbons (Fsp3) is 0.600. The van der Waals surface area contributed by atoms with Crippen LogP contribution in [0.1, 0.15) is 25.7 Å². The second-order valence-corrected chi connectivity index (χ2v) is 8.00. The third-order valence-electron chi connectivity index (χ3n) is 4.21. The maximum Gasteiger partial charge on any atom is 0.0717 e. The minimum atomic E-state index is 0.117. The Bertz CT molecular complexity index is 473. The number of ether oxygens (including phenoxy) is 1. The van der Waals surface area contributed by atoms with Gasteiger partial charge in [0.2, 0.25) is 0 Å². The van der Waals surface area contributed by atoms with Crippen molar-refractivity contribution in [3.63, 3.8) is 0 Å². The summed E-state index contributed by atoms with van der Waals surface area (Å²) in [5.41, 5.74) is 1.20. The minimum absolute atomic E-state index is 0.117. The van der Waals surface area contributed by atoms with Crippen molar-refractivity contribution in [2.75, 3.05) is 23.4 Å². The van der Waals surface area contributed by atoms with Gasteiger partial charge in [0.1, 0.15) is 0 Å². The predicted octanol–water partition coefficient (Wildman–Crippen LogP) is 4.96. The number of anilines is 1. The topological polar surface area (TPSA) is 21.3 Å². The minimum Gasteiger partial charge on any atom is -0.381 e. The Morgan fingerprint density at radius 1 is 1.35 bits per heavy atom. The van der Waals surface area contributed by atoms with Crippen LogP contribution in [0.2, 0.25) is 5.02 Å². The molecule has 0 bridgehead atoms. The van der Waals surface area contributed by atoms with E-state index in [1.165, 1.54) is 24.3 Å². The zero-order valence-corrected chi connectivity index (χ0v) is 14.5. The van der Waals surface area contributed by atoms with Crippen molar-refractivity contribution in [1.29, 1.82) is 0 Å². The van der Waals surface area contributed by atoms with E-state index in [1.807, 2.05) is 23.9 Å². The predicted molar refractivity (Wildman–Crippen MR) is 91.0 cm³/mol. The maximum absolute atomic E-state index is 6.16. The monoisotopic (exact) mass is 375 g/mol. The van der Waals surface area contributed by atoms with Crippen molar-refractivity contribution in [3.05, 3.63) is 27.7 Å². The fourth-order valence-electron chi connectivity index (χ4n) is 3.08. The Morgan fingerprint density at radius 3 is 2.95 bits per heavy atom. The van der Waals surface area contributed by atoms with Crippen LogP contribution in [0.4, 0.5) is 5.69 Å². The first-order valence-corrected chi connectivity index (χ1v) is 9.43. The van der Waals surface area contributed by atoms with E-state index >= 15 is 0 Å². The van der Waals surface area contributed by atoms with E-state index in [1.54, 1.807) is 0 Å². The summed E-state index contributed by atoms with van der Waals surface area (Å²) in [6.45, 7) is 0.862. The summed E-state index contributed by atoms with van der Waals surface area (Å²) in [4.78, 5) is 0. The molecule has 2 saturated heterocycles. The molecule has 2 nitrogen and oxygen atoms in total. The number of rotatable bonds is 2. The Labute approximate surface area is 138 Å². The SMILES string of the molecule is Clc1cccc(NC2CCOC3(CCSCC3)C2)c1Br. The molecular formula is C15H19BrClNOS. The fourth-order valence-corrected chi connectivity index (χ4v) is 4.87. The van der Waals surface area contributed by atoms with Gasteiger partial charge in [0, 0.05) is 12.6 Å². The molecule has 1 atom stereocenters. The van der Waals surface area contributed by atoms with Crippen LogP contribution in [0.15, 0.2) is 22.7 Å². The number of thioether (sulfide) groups is 1. The average molecular weight is 377 g/mol. The molecule has 0 radical (unpaired) electrons. The molecule has 5 heteroatoms. The van der Waals surface area contributed by atoms with E-state index in [0.717, 1.165) is 34.6 Å². The van der Waals surface area contributed by atoms with Gasteiger partial charge in [-0.15, -0.1) is 0 Å². The number of hydrogen-bond acceptors (Lipinski definition) is 3. The van der Waals surface area contributed by atoms with Crippen LogP contribution in [0.25, 0.3) is 0 Å². The Hall–Kier alpha value is 0.1000. The van der Waals surface area contributed by atoms with Gasteiger partial charge in [-0.2, -0.15) is 11.8 Å². The van der Waals surface area contributed by atoms with Gasteiger partial charge in [0.25, 0.3) is 0 Å². The first-order valence-electron chi connectivity index (χ1n) is 7.11. The highest BCUT2D eigenvalue weighted by Gasteiger charge is 2.38. The van der Waals surface area contributed by atoms with Gasteiger partial charge in [0.15, 0.2) is 0 Å². The van der Waals surface area contributed by atoms with E-state index in [-0.39, 0.29) is 5.60 Å². The lowest BCUT2D eigenvalue weighted by Gasteiger charge is -2.43. The van der Waals surface area contributed by atoms with E-state index < -0.39 is 0 Å². The molecule has 2 aliphatic heterocycles. The highest BCUT2D eigenvalue weighted by atomic mass is 79.9. The molecule has 0 amide bonds. The lowest BCUT2D eigenvalue weighted by atomic mass is 9.85. The summed E-state index contributed by atoms with van der Waals surface area (Å²) < 4.78 is 7.10. The molecule has 110 valence electrons. The number of nitrogens with one attached hydrogen (secondary N) is 1. The zero-order valence-electron chi connectivity index (χ0n) is 11.3. The molecule has 1 N–H and O–H groups in total. The smallest absolute Gasteiger partial charge is 0.0717 e. The van der Waals surface area contributed by atoms with Gasteiger partial charge >= 0.3 is 0 Å². The van der Waals surface area contributed by atoms with E-state index in [2.05, 4.69) is 27.3 Å². The number of hydrogen-bond donors (Lipinski definition) is 1. The molecule has 1 unspecified atom stereocenters. The van der Waals surface area contributed by atoms with Gasteiger partial charge in [-0.1, -0.05) is 17.7 Å². The van der Waals surface area contributed by atoms with Crippen molar-refractivity contribution in [2.24, 2.45) is 0 Å². The molecule has 1 aromatic carbocycles. The number of benzene rings is 1. The summed E-state index contributed by atoms with van der Waals surface area (Å²) in [6, 6.07) is 6.44. The molecule has 1 spiro atoms. The van der Waals surface area contributed by atoms with Crippen LogP contribution < -0.4 is 5.32 Å². The van der Waals surface area contributed by atoms with Crippen molar-refractivity contribution in [3.8, 4) is 0 Å². The average Bonchev–Trinajstić information content (AvgIpc) is 2.45. The zero-order chi connectivity index (χ0) is 14.0. The van der Waals surface area contributed by atoms with Gasteiger partial charge in [0.05, 0.1) is 20.8 Å². The molecule has 1 aromatic rings. The summed E-state index contributed by atoms with van der Waals surface area (Å²) >= 11 is 11.8. The normalized spacial score (nSPS) is 25.6. The standard InChI is InChI=1S/C15H19BrClNOS/c16-14-12(17)2-1-3-13(14)18-11-4-7-19-15(10-11)5-8-20-9-6-15/h1-3,11,18H,4-10H2.